The zero-order chi connectivity index (χ0) is 24.1. The molecular formula is C22H21BrN4O6. The van der Waals surface area contributed by atoms with Crippen LogP contribution in [0.4, 0.5) is 5.69 Å². The maximum Gasteiger partial charge on any atom is 0.347 e. The first-order valence-electron chi connectivity index (χ1n) is 10.1. The molecule has 1 atom stereocenters. The number of rotatable bonds is 8. The van der Waals surface area contributed by atoms with Gasteiger partial charge in [-0.3, -0.25) is 14.9 Å². The summed E-state index contributed by atoms with van der Waals surface area (Å²) in [5.41, 5.74) is 0.163. The predicted octanol–water partition coefficient (Wildman–Crippen LogP) is 3.84. The lowest BCUT2D eigenvalue weighted by molar-refractivity contribution is -0.384. The molecule has 0 amide bonds. The third-order valence-corrected chi connectivity index (χ3v) is 5.12. The van der Waals surface area contributed by atoms with Crippen LogP contribution in [0.15, 0.2) is 50.8 Å². The fraction of sp³-hybridized carbons (Fsp3) is 0.273. The Balaban J connectivity index is 2.08. The van der Waals surface area contributed by atoms with Crippen LogP contribution in [0.25, 0.3) is 10.9 Å². The number of hydrogen-bond donors (Lipinski definition) is 0. The van der Waals surface area contributed by atoms with Gasteiger partial charge in [0.05, 0.1) is 28.6 Å². The van der Waals surface area contributed by atoms with Gasteiger partial charge in [-0.1, -0.05) is 22.9 Å². The van der Waals surface area contributed by atoms with E-state index >= 15 is 0 Å². The number of nitrogens with zero attached hydrogens (tertiary/aromatic N) is 4. The average Bonchev–Trinajstić information content (AvgIpc) is 2.79. The van der Waals surface area contributed by atoms with E-state index in [-0.39, 0.29) is 29.2 Å². The van der Waals surface area contributed by atoms with Crippen molar-refractivity contribution in [3.63, 3.8) is 0 Å². The van der Waals surface area contributed by atoms with Gasteiger partial charge in [-0.15, -0.1) is 0 Å². The Kier molecular flexibility index (Phi) is 7.54. The molecule has 0 radical (unpaired) electrons. The van der Waals surface area contributed by atoms with Crippen LogP contribution < -0.4 is 10.3 Å². The molecule has 3 rings (SSSR count). The molecule has 0 aliphatic rings. The highest BCUT2D eigenvalue weighted by Gasteiger charge is 2.19. The molecule has 0 saturated carbocycles. The Morgan fingerprint density at radius 2 is 2.06 bits per heavy atom. The van der Waals surface area contributed by atoms with Crippen LogP contribution in [-0.4, -0.2) is 39.5 Å². The van der Waals surface area contributed by atoms with Crippen molar-refractivity contribution in [2.75, 3.05) is 6.61 Å². The first kappa shape index (κ1) is 24.1. The Morgan fingerprint density at radius 1 is 1.30 bits per heavy atom. The molecule has 2 aromatic carbocycles. The van der Waals surface area contributed by atoms with Crippen molar-refractivity contribution in [1.82, 2.24) is 9.66 Å². The summed E-state index contributed by atoms with van der Waals surface area (Å²) in [6, 6.07) is 9.05. The van der Waals surface area contributed by atoms with E-state index in [9.17, 15) is 19.7 Å². The minimum Gasteiger partial charge on any atom is -0.478 e. The van der Waals surface area contributed by atoms with Gasteiger partial charge in [0.15, 0.2) is 6.10 Å². The number of nitro groups is 1. The van der Waals surface area contributed by atoms with Crippen molar-refractivity contribution in [1.29, 1.82) is 0 Å². The zero-order valence-electron chi connectivity index (χ0n) is 18.1. The molecule has 0 N–H and O–H groups in total. The number of halogens is 1. The molecule has 0 bridgehead atoms. The van der Waals surface area contributed by atoms with Crippen molar-refractivity contribution < 1.29 is 19.2 Å². The molecule has 0 fully saturated rings. The van der Waals surface area contributed by atoms with Crippen molar-refractivity contribution in [3.8, 4) is 5.75 Å². The molecule has 1 aromatic heterocycles. The SMILES string of the molecule is CCOC(=O)[C@H](C)Oc1ccc([N+](=O)[O-])cc1C=Nn1c(CC)nc2ccc(Br)cc2c1=O. The number of benzene rings is 2. The quantitative estimate of drug-likeness (QED) is 0.192. The highest BCUT2D eigenvalue weighted by Crippen LogP contribution is 2.24. The summed E-state index contributed by atoms with van der Waals surface area (Å²) >= 11 is 3.35. The Hall–Kier alpha value is -3.60. The molecule has 10 nitrogen and oxygen atoms in total. The predicted molar refractivity (Wildman–Crippen MR) is 126 cm³/mol. The summed E-state index contributed by atoms with van der Waals surface area (Å²) in [5.74, 6) is 0.0129. The molecule has 0 aliphatic carbocycles. The summed E-state index contributed by atoms with van der Waals surface area (Å²) < 4.78 is 12.5. The van der Waals surface area contributed by atoms with E-state index in [1.165, 1.54) is 31.3 Å². The van der Waals surface area contributed by atoms with Crippen molar-refractivity contribution >= 4 is 44.7 Å². The van der Waals surface area contributed by atoms with Crippen LogP contribution in [0.1, 0.15) is 32.2 Å². The van der Waals surface area contributed by atoms with E-state index in [0.717, 1.165) is 9.15 Å². The maximum absolute atomic E-state index is 13.1. The van der Waals surface area contributed by atoms with E-state index in [1.54, 1.807) is 25.1 Å². The van der Waals surface area contributed by atoms with Gasteiger partial charge in [-0.25, -0.2) is 9.78 Å². The van der Waals surface area contributed by atoms with Crippen LogP contribution >= 0.6 is 15.9 Å². The average molecular weight is 517 g/mol. The van der Waals surface area contributed by atoms with E-state index in [0.29, 0.717) is 23.1 Å². The topological polar surface area (TPSA) is 126 Å². The maximum atomic E-state index is 13.1. The lowest BCUT2D eigenvalue weighted by Crippen LogP contribution is -2.26. The summed E-state index contributed by atoms with van der Waals surface area (Å²) in [6.45, 7) is 5.20. The van der Waals surface area contributed by atoms with Gasteiger partial charge >= 0.3 is 5.97 Å². The number of aryl methyl sites for hydroxylation is 1. The molecule has 0 saturated heterocycles. The zero-order valence-corrected chi connectivity index (χ0v) is 19.7. The molecule has 0 spiro atoms. The largest absolute Gasteiger partial charge is 0.478 e. The van der Waals surface area contributed by atoms with Gasteiger partial charge in [-0.2, -0.15) is 9.78 Å². The van der Waals surface area contributed by atoms with Crippen LogP contribution in [0.5, 0.6) is 5.75 Å². The summed E-state index contributed by atoms with van der Waals surface area (Å²) in [5, 5.41) is 15.9. The van der Waals surface area contributed by atoms with Crippen molar-refractivity contribution in [3.05, 3.63) is 72.7 Å². The molecule has 11 heteroatoms. The number of carbonyl (C=O) groups is 1. The molecule has 1 heterocycles. The number of esters is 1. The molecule has 0 unspecified atom stereocenters. The summed E-state index contributed by atoms with van der Waals surface area (Å²) in [7, 11) is 0. The van der Waals surface area contributed by atoms with Crippen LogP contribution in [0.3, 0.4) is 0 Å². The second kappa shape index (κ2) is 10.3. The third-order valence-electron chi connectivity index (χ3n) is 4.63. The Morgan fingerprint density at radius 3 is 2.73 bits per heavy atom. The second-order valence-electron chi connectivity index (χ2n) is 6.90. The van der Waals surface area contributed by atoms with Gasteiger partial charge < -0.3 is 9.47 Å². The Bertz CT molecular complexity index is 1300. The number of ether oxygens (including phenoxy) is 2. The third kappa shape index (κ3) is 5.43. The fourth-order valence-corrected chi connectivity index (χ4v) is 3.38. The molecule has 172 valence electrons. The fourth-order valence-electron chi connectivity index (χ4n) is 3.02. The van der Waals surface area contributed by atoms with Crippen LogP contribution in [0, 0.1) is 10.1 Å². The normalized spacial score (nSPS) is 12.1. The highest BCUT2D eigenvalue weighted by atomic mass is 79.9. The molecular weight excluding hydrogens is 496 g/mol. The van der Waals surface area contributed by atoms with Crippen LogP contribution in [-0.2, 0) is 16.0 Å². The minimum absolute atomic E-state index is 0.174. The first-order chi connectivity index (χ1) is 15.7. The van der Waals surface area contributed by atoms with Gasteiger partial charge in [0.2, 0.25) is 0 Å². The minimum atomic E-state index is -0.952. The van der Waals surface area contributed by atoms with Gasteiger partial charge in [-0.05, 0) is 38.1 Å². The van der Waals surface area contributed by atoms with Crippen LogP contribution in [0.2, 0.25) is 0 Å². The van der Waals surface area contributed by atoms with Crippen molar-refractivity contribution in [2.45, 2.75) is 33.3 Å². The highest BCUT2D eigenvalue weighted by molar-refractivity contribution is 9.10. The first-order valence-corrected chi connectivity index (χ1v) is 10.9. The Labute approximate surface area is 197 Å². The standard InChI is InChI=1S/C22H21BrN4O6/c1-4-20-25-18-8-6-15(23)11-17(18)21(28)26(20)24-12-14-10-16(27(30)31)7-9-19(14)33-13(3)22(29)32-5-2/h6-13H,4-5H2,1-3H3/t13-/m0/s1. The number of fused-ring (bicyclic) bond motifs is 1. The van der Waals surface area contributed by atoms with Gasteiger partial charge in [0.25, 0.3) is 11.2 Å². The van der Waals surface area contributed by atoms with E-state index < -0.39 is 17.0 Å². The number of aromatic nitrogens is 2. The lowest BCUT2D eigenvalue weighted by atomic mass is 10.2. The molecule has 33 heavy (non-hydrogen) atoms. The summed E-state index contributed by atoms with van der Waals surface area (Å²) in [6.07, 6.45) is 0.746. The van der Waals surface area contributed by atoms with Crippen molar-refractivity contribution in [2.24, 2.45) is 5.10 Å². The van der Waals surface area contributed by atoms with E-state index in [2.05, 4.69) is 26.0 Å². The van der Waals surface area contributed by atoms with Gasteiger partial charge in [0.1, 0.15) is 11.6 Å². The molecule has 3 aromatic rings. The second-order valence-corrected chi connectivity index (χ2v) is 7.81. The van der Waals surface area contributed by atoms with E-state index in [1.807, 2.05) is 6.92 Å². The lowest BCUT2D eigenvalue weighted by Gasteiger charge is -2.15. The van der Waals surface area contributed by atoms with Gasteiger partial charge in [0, 0.05) is 28.6 Å². The number of non-ortho nitro benzene ring substituents is 1. The monoisotopic (exact) mass is 516 g/mol. The smallest absolute Gasteiger partial charge is 0.347 e. The van der Waals surface area contributed by atoms with E-state index in [4.69, 9.17) is 9.47 Å². The number of hydrogen-bond acceptors (Lipinski definition) is 8. The summed E-state index contributed by atoms with van der Waals surface area (Å²) in [4.78, 5) is 40.2. The number of carbonyl (C=O) groups excluding carboxylic acids is 1. The number of nitro benzene ring substituents is 1. The molecule has 0 aliphatic heterocycles.